The summed E-state index contributed by atoms with van der Waals surface area (Å²) in [6.45, 7) is 3.99. The Hall–Kier alpha value is -0.470. The average molecular weight is 233 g/mol. The maximum absolute atomic E-state index is 5.85. The van der Waals surface area contributed by atoms with Gasteiger partial charge in [-0.3, -0.25) is 4.98 Å². The van der Waals surface area contributed by atoms with Crippen LogP contribution in [0.1, 0.15) is 12.5 Å². The van der Waals surface area contributed by atoms with Gasteiger partial charge in [-0.05, 0) is 25.5 Å². The van der Waals surface area contributed by atoms with Gasteiger partial charge in [0.25, 0.3) is 0 Å². The summed E-state index contributed by atoms with van der Waals surface area (Å²) in [6, 6.07) is 1.92. The normalized spacial score (nSPS) is 11.4. The van der Waals surface area contributed by atoms with E-state index in [0.717, 1.165) is 11.3 Å². The van der Waals surface area contributed by atoms with Crippen molar-refractivity contribution in [3.63, 3.8) is 0 Å². The average Bonchev–Trinajstić information content (AvgIpc) is 2.21. The zero-order valence-corrected chi connectivity index (χ0v) is 9.86. The first-order valence-electron chi connectivity index (χ1n) is 4.42. The first kappa shape index (κ1) is 11.6. The number of aromatic nitrogens is 1. The second kappa shape index (κ2) is 4.85. The van der Waals surface area contributed by atoms with E-state index in [1.165, 1.54) is 0 Å². The molecule has 1 N–H and O–H groups in total. The molecule has 0 aliphatic rings. The predicted molar refractivity (Wildman–Crippen MR) is 62.4 cm³/mol. The Labute approximate surface area is 94.6 Å². The van der Waals surface area contributed by atoms with Crippen LogP contribution in [-0.2, 0) is 0 Å². The number of anilines is 1. The first-order chi connectivity index (χ1) is 6.61. The van der Waals surface area contributed by atoms with Gasteiger partial charge in [-0.1, -0.05) is 0 Å². The van der Waals surface area contributed by atoms with Crippen LogP contribution in [0.4, 0.5) is 5.69 Å². The van der Waals surface area contributed by atoms with Gasteiger partial charge in [0.05, 0.1) is 5.54 Å². The fourth-order valence-electron chi connectivity index (χ4n) is 1.04. The van der Waals surface area contributed by atoms with E-state index in [1.54, 1.807) is 6.20 Å². The van der Waals surface area contributed by atoms with Crippen molar-refractivity contribution in [2.45, 2.75) is 19.4 Å². The van der Waals surface area contributed by atoms with Gasteiger partial charge >= 0.3 is 0 Å². The van der Waals surface area contributed by atoms with Gasteiger partial charge in [-0.2, -0.15) is 0 Å². The minimum absolute atomic E-state index is 0.269. The lowest BCUT2D eigenvalue weighted by atomic mass is 10.1. The monoisotopic (exact) mass is 232 g/mol. The lowest BCUT2D eigenvalue weighted by Crippen LogP contribution is -2.39. The Kier molecular flexibility index (Phi) is 4.02. The van der Waals surface area contributed by atoms with Gasteiger partial charge in [0.1, 0.15) is 0 Å². The van der Waals surface area contributed by atoms with Gasteiger partial charge in [-0.15, -0.1) is 23.2 Å². The van der Waals surface area contributed by atoms with Gasteiger partial charge in [-0.25, -0.2) is 0 Å². The summed E-state index contributed by atoms with van der Waals surface area (Å²) in [5.74, 6) is 0.941. The highest BCUT2D eigenvalue weighted by molar-refractivity contribution is 6.22. The fraction of sp³-hybridized carbons (Fsp3) is 0.500. The highest BCUT2D eigenvalue weighted by Gasteiger charge is 2.21. The molecule has 0 saturated heterocycles. The van der Waals surface area contributed by atoms with Crippen molar-refractivity contribution in [1.29, 1.82) is 0 Å². The molecule has 0 spiro atoms. The fourth-order valence-corrected chi connectivity index (χ4v) is 1.46. The Morgan fingerprint density at radius 1 is 1.43 bits per heavy atom. The van der Waals surface area contributed by atoms with Crippen molar-refractivity contribution < 1.29 is 0 Å². The van der Waals surface area contributed by atoms with Crippen molar-refractivity contribution in [2.24, 2.45) is 0 Å². The zero-order chi connectivity index (χ0) is 10.6. The van der Waals surface area contributed by atoms with Gasteiger partial charge in [0.2, 0.25) is 0 Å². The van der Waals surface area contributed by atoms with Crippen LogP contribution in [0.5, 0.6) is 0 Å². The molecule has 0 aliphatic heterocycles. The molecule has 0 radical (unpaired) electrons. The molecule has 78 valence electrons. The highest BCUT2D eigenvalue weighted by Crippen LogP contribution is 2.20. The van der Waals surface area contributed by atoms with E-state index in [4.69, 9.17) is 23.2 Å². The first-order valence-corrected chi connectivity index (χ1v) is 5.49. The second-order valence-corrected chi connectivity index (χ2v) is 4.18. The number of rotatable bonds is 4. The number of pyridine rings is 1. The number of nitrogens with zero attached hydrogens (tertiary/aromatic N) is 1. The number of aryl methyl sites for hydroxylation is 1. The molecular weight excluding hydrogens is 219 g/mol. The third-order valence-electron chi connectivity index (χ3n) is 2.05. The van der Waals surface area contributed by atoms with Crippen LogP contribution in [0.25, 0.3) is 0 Å². The van der Waals surface area contributed by atoms with Gasteiger partial charge < -0.3 is 5.32 Å². The molecule has 0 saturated carbocycles. The zero-order valence-electron chi connectivity index (χ0n) is 8.35. The van der Waals surface area contributed by atoms with E-state index in [2.05, 4.69) is 10.3 Å². The SMILES string of the molecule is Cc1cnccc1NC(C)(CCl)CCl. The third kappa shape index (κ3) is 2.76. The molecule has 0 aromatic carbocycles. The summed E-state index contributed by atoms with van der Waals surface area (Å²) in [5, 5.41) is 3.32. The predicted octanol–water partition coefficient (Wildman–Crippen LogP) is 3.04. The second-order valence-electron chi connectivity index (χ2n) is 3.64. The van der Waals surface area contributed by atoms with E-state index >= 15 is 0 Å². The summed E-state index contributed by atoms with van der Waals surface area (Å²) in [7, 11) is 0. The maximum atomic E-state index is 5.85. The molecule has 0 atom stereocenters. The standard InChI is InChI=1S/C10H14Cl2N2/c1-8-5-13-4-3-9(8)14-10(2,6-11)7-12/h3-5H,6-7H2,1-2H3,(H,13,14). The maximum Gasteiger partial charge on any atom is 0.0615 e. The molecule has 1 heterocycles. The Morgan fingerprint density at radius 2 is 2.07 bits per heavy atom. The van der Waals surface area contributed by atoms with E-state index in [1.807, 2.05) is 26.1 Å². The smallest absolute Gasteiger partial charge is 0.0615 e. The molecule has 0 aliphatic carbocycles. The molecule has 4 heteroatoms. The largest absolute Gasteiger partial charge is 0.377 e. The quantitative estimate of drug-likeness (QED) is 0.808. The van der Waals surface area contributed by atoms with Crippen molar-refractivity contribution in [3.05, 3.63) is 24.0 Å². The topological polar surface area (TPSA) is 24.9 Å². The Bertz CT molecular complexity index is 298. The summed E-state index contributed by atoms with van der Waals surface area (Å²) >= 11 is 11.7. The molecule has 1 rings (SSSR count). The molecule has 0 amide bonds. The molecule has 0 unspecified atom stereocenters. The van der Waals surface area contributed by atoms with Crippen LogP contribution < -0.4 is 5.32 Å². The van der Waals surface area contributed by atoms with Crippen molar-refractivity contribution in [1.82, 2.24) is 4.98 Å². The van der Waals surface area contributed by atoms with Crippen molar-refractivity contribution >= 4 is 28.9 Å². The van der Waals surface area contributed by atoms with E-state index in [0.29, 0.717) is 11.8 Å². The van der Waals surface area contributed by atoms with Crippen molar-refractivity contribution in [3.8, 4) is 0 Å². The van der Waals surface area contributed by atoms with Crippen LogP contribution in [-0.4, -0.2) is 22.3 Å². The van der Waals surface area contributed by atoms with E-state index in [9.17, 15) is 0 Å². The number of hydrogen-bond acceptors (Lipinski definition) is 2. The molecular formula is C10H14Cl2N2. The summed E-state index contributed by atoms with van der Waals surface area (Å²) in [6.07, 6.45) is 3.56. The minimum Gasteiger partial charge on any atom is -0.377 e. The Morgan fingerprint density at radius 3 is 2.57 bits per heavy atom. The number of halogens is 2. The van der Waals surface area contributed by atoms with E-state index in [-0.39, 0.29) is 5.54 Å². The minimum atomic E-state index is -0.269. The highest BCUT2D eigenvalue weighted by atomic mass is 35.5. The summed E-state index contributed by atoms with van der Waals surface area (Å²) < 4.78 is 0. The Balaban J connectivity index is 2.82. The van der Waals surface area contributed by atoms with Crippen LogP contribution in [0.2, 0.25) is 0 Å². The molecule has 2 nitrogen and oxygen atoms in total. The molecule has 14 heavy (non-hydrogen) atoms. The van der Waals surface area contributed by atoms with Crippen LogP contribution in [0, 0.1) is 6.92 Å². The lowest BCUT2D eigenvalue weighted by Gasteiger charge is -2.28. The van der Waals surface area contributed by atoms with Gasteiger partial charge in [0.15, 0.2) is 0 Å². The summed E-state index contributed by atoms with van der Waals surface area (Å²) in [5.41, 5.74) is 1.85. The third-order valence-corrected chi connectivity index (χ3v) is 3.23. The van der Waals surface area contributed by atoms with Crippen molar-refractivity contribution in [2.75, 3.05) is 17.1 Å². The lowest BCUT2D eigenvalue weighted by molar-refractivity contribution is 0.648. The number of nitrogens with one attached hydrogen (secondary N) is 1. The number of alkyl halides is 2. The van der Waals surface area contributed by atoms with Crippen LogP contribution in [0.3, 0.4) is 0 Å². The number of hydrogen-bond donors (Lipinski definition) is 1. The van der Waals surface area contributed by atoms with Crippen LogP contribution in [0.15, 0.2) is 18.5 Å². The molecule has 0 fully saturated rings. The van der Waals surface area contributed by atoms with Gasteiger partial charge in [0, 0.05) is 29.8 Å². The van der Waals surface area contributed by atoms with Crippen LogP contribution >= 0.6 is 23.2 Å². The van der Waals surface area contributed by atoms with E-state index < -0.39 is 0 Å². The molecule has 1 aromatic heterocycles. The molecule has 0 bridgehead atoms. The molecule has 1 aromatic rings. The summed E-state index contributed by atoms with van der Waals surface area (Å²) in [4.78, 5) is 4.02.